The van der Waals surface area contributed by atoms with Gasteiger partial charge in [0.15, 0.2) is 0 Å². The molecule has 0 aromatic heterocycles. The Labute approximate surface area is 118 Å². The van der Waals surface area contributed by atoms with E-state index in [-0.39, 0.29) is 11.3 Å². The highest BCUT2D eigenvalue weighted by Crippen LogP contribution is 2.30. The molecule has 2 aromatic rings. The summed E-state index contributed by atoms with van der Waals surface area (Å²) >= 11 is 0. The summed E-state index contributed by atoms with van der Waals surface area (Å²) in [5.41, 5.74) is 4.18. The number of aromatic carboxylic acids is 1. The van der Waals surface area contributed by atoms with Crippen LogP contribution in [0.2, 0.25) is 0 Å². The molecule has 3 nitrogen and oxygen atoms in total. The fraction of sp³-hybridized carbons (Fsp3) is 0.235. The Kier molecular flexibility index (Phi) is 4.08. The SMILES string of the molecule is CCc1ccc(CC)c(-c2ccc(O)c(C(=O)O)c2)c1. The zero-order valence-corrected chi connectivity index (χ0v) is 11.7. The highest BCUT2D eigenvalue weighted by Gasteiger charge is 2.12. The Morgan fingerprint density at radius 3 is 2.40 bits per heavy atom. The van der Waals surface area contributed by atoms with Gasteiger partial charge in [0.25, 0.3) is 0 Å². The summed E-state index contributed by atoms with van der Waals surface area (Å²) in [5, 5.41) is 18.7. The van der Waals surface area contributed by atoms with Crippen LogP contribution in [0.1, 0.15) is 35.3 Å². The summed E-state index contributed by atoms with van der Waals surface area (Å²) in [6.07, 6.45) is 1.81. The van der Waals surface area contributed by atoms with Crippen molar-refractivity contribution in [3.05, 3.63) is 53.1 Å². The average Bonchev–Trinajstić information content (AvgIpc) is 2.46. The number of rotatable bonds is 4. The number of carboxylic acid groups (broad SMARTS) is 1. The highest BCUT2D eigenvalue weighted by atomic mass is 16.4. The molecular formula is C17H18O3. The van der Waals surface area contributed by atoms with E-state index >= 15 is 0 Å². The predicted molar refractivity (Wildman–Crippen MR) is 79.3 cm³/mol. The van der Waals surface area contributed by atoms with Gasteiger partial charge in [-0.2, -0.15) is 0 Å². The molecule has 0 saturated heterocycles. The number of carbonyl (C=O) groups is 1. The monoisotopic (exact) mass is 270 g/mol. The van der Waals surface area contributed by atoms with Gasteiger partial charge in [-0.05, 0) is 47.2 Å². The maximum atomic E-state index is 11.1. The second kappa shape index (κ2) is 5.78. The molecule has 0 radical (unpaired) electrons. The number of aryl methyl sites for hydroxylation is 2. The Bertz CT molecular complexity index is 645. The van der Waals surface area contributed by atoms with Gasteiger partial charge < -0.3 is 10.2 Å². The van der Waals surface area contributed by atoms with Gasteiger partial charge >= 0.3 is 5.97 Å². The summed E-state index contributed by atoms with van der Waals surface area (Å²) in [6.45, 7) is 4.16. The zero-order valence-electron chi connectivity index (χ0n) is 11.7. The van der Waals surface area contributed by atoms with Crippen LogP contribution in [0.5, 0.6) is 5.75 Å². The summed E-state index contributed by atoms with van der Waals surface area (Å²) in [7, 11) is 0. The Morgan fingerprint density at radius 1 is 1.05 bits per heavy atom. The summed E-state index contributed by atoms with van der Waals surface area (Å²) in [5.74, 6) is -1.32. The molecule has 2 rings (SSSR count). The van der Waals surface area contributed by atoms with Crippen molar-refractivity contribution in [2.24, 2.45) is 0 Å². The third kappa shape index (κ3) is 2.67. The molecule has 0 heterocycles. The van der Waals surface area contributed by atoms with Crippen LogP contribution in [-0.4, -0.2) is 16.2 Å². The van der Waals surface area contributed by atoms with E-state index < -0.39 is 5.97 Å². The van der Waals surface area contributed by atoms with Crippen molar-refractivity contribution in [1.82, 2.24) is 0 Å². The van der Waals surface area contributed by atoms with Crippen LogP contribution >= 0.6 is 0 Å². The molecule has 104 valence electrons. The molecule has 0 aliphatic rings. The molecule has 0 atom stereocenters. The third-order valence-corrected chi connectivity index (χ3v) is 3.50. The van der Waals surface area contributed by atoms with Crippen LogP contribution in [0.3, 0.4) is 0 Å². The zero-order chi connectivity index (χ0) is 14.7. The predicted octanol–water partition coefficient (Wildman–Crippen LogP) is 3.88. The van der Waals surface area contributed by atoms with E-state index in [0.29, 0.717) is 0 Å². The minimum atomic E-state index is -1.12. The quantitative estimate of drug-likeness (QED) is 0.886. The summed E-state index contributed by atoms with van der Waals surface area (Å²) < 4.78 is 0. The van der Waals surface area contributed by atoms with Crippen LogP contribution in [-0.2, 0) is 12.8 Å². The first kappa shape index (κ1) is 14.1. The number of hydrogen-bond acceptors (Lipinski definition) is 2. The van der Waals surface area contributed by atoms with Crippen LogP contribution in [0.25, 0.3) is 11.1 Å². The number of phenols is 1. The minimum absolute atomic E-state index is 0.0635. The minimum Gasteiger partial charge on any atom is -0.507 e. The molecule has 0 fully saturated rings. The average molecular weight is 270 g/mol. The van der Waals surface area contributed by atoms with Gasteiger partial charge in [-0.25, -0.2) is 4.79 Å². The van der Waals surface area contributed by atoms with E-state index in [9.17, 15) is 9.90 Å². The van der Waals surface area contributed by atoms with Crippen molar-refractivity contribution < 1.29 is 15.0 Å². The molecule has 0 amide bonds. The molecule has 0 bridgehead atoms. The third-order valence-electron chi connectivity index (χ3n) is 3.50. The summed E-state index contributed by atoms with van der Waals surface area (Å²) in [4.78, 5) is 11.1. The topological polar surface area (TPSA) is 57.5 Å². The van der Waals surface area contributed by atoms with Crippen molar-refractivity contribution in [2.45, 2.75) is 26.7 Å². The first-order valence-corrected chi connectivity index (χ1v) is 6.75. The Morgan fingerprint density at radius 2 is 1.80 bits per heavy atom. The maximum absolute atomic E-state index is 11.1. The van der Waals surface area contributed by atoms with E-state index in [4.69, 9.17) is 5.11 Å². The smallest absolute Gasteiger partial charge is 0.339 e. The molecule has 0 aliphatic heterocycles. The van der Waals surface area contributed by atoms with Crippen LogP contribution in [0.15, 0.2) is 36.4 Å². The normalized spacial score (nSPS) is 10.5. The van der Waals surface area contributed by atoms with Crippen molar-refractivity contribution in [3.63, 3.8) is 0 Å². The van der Waals surface area contributed by atoms with E-state index in [1.807, 2.05) is 0 Å². The standard InChI is InChI=1S/C17H18O3/c1-3-11-5-6-12(4-2)14(9-11)13-7-8-16(18)15(10-13)17(19)20/h5-10,18H,3-4H2,1-2H3,(H,19,20). The molecule has 0 unspecified atom stereocenters. The summed E-state index contributed by atoms with van der Waals surface area (Å²) in [6, 6.07) is 11.0. The second-order valence-electron chi connectivity index (χ2n) is 4.74. The van der Waals surface area contributed by atoms with Gasteiger partial charge in [-0.1, -0.05) is 38.1 Å². The number of aromatic hydroxyl groups is 1. The van der Waals surface area contributed by atoms with Gasteiger partial charge in [-0.15, -0.1) is 0 Å². The molecule has 0 spiro atoms. The van der Waals surface area contributed by atoms with Crippen molar-refractivity contribution in [3.8, 4) is 16.9 Å². The number of carboxylic acids is 1. The van der Waals surface area contributed by atoms with Gasteiger partial charge in [0.1, 0.15) is 11.3 Å². The van der Waals surface area contributed by atoms with E-state index in [1.54, 1.807) is 6.07 Å². The van der Waals surface area contributed by atoms with Gasteiger partial charge in [0.05, 0.1) is 0 Å². The van der Waals surface area contributed by atoms with Gasteiger partial charge in [0.2, 0.25) is 0 Å². The first-order valence-electron chi connectivity index (χ1n) is 6.75. The molecular weight excluding hydrogens is 252 g/mol. The Hall–Kier alpha value is -2.29. The first-order chi connectivity index (χ1) is 9.56. The largest absolute Gasteiger partial charge is 0.507 e. The Balaban J connectivity index is 2.61. The van der Waals surface area contributed by atoms with Crippen LogP contribution in [0, 0.1) is 0 Å². The van der Waals surface area contributed by atoms with E-state index in [1.165, 1.54) is 23.3 Å². The fourth-order valence-corrected chi connectivity index (χ4v) is 2.30. The van der Waals surface area contributed by atoms with Gasteiger partial charge in [-0.3, -0.25) is 0 Å². The lowest BCUT2D eigenvalue weighted by molar-refractivity contribution is 0.0694. The lowest BCUT2D eigenvalue weighted by Gasteiger charge is -2.11. The van der Waals surface area contributed by atoms with Crippen LogP contribution in [0.4, 0.5) is 0 Å². The van der Waals surface area contributed by atoms with Crippen molar-refractivity contribution >= 4 is 5.97 Å². The van der Waals surface area contributed by atoms with Crippen LogP contribution < -0.4 is 0 Å². The molecule has 2 N–H and O–H groups in total. The van der Waals surface area contributed by atoms with Crippen molar-refractivity contribution in [2.75, 3.05) is 0 Å². The lowest BCUT2D eigenvalue weighted by Crippen LogP contribution is -1.98. The molecule has 3 heteroatoms. The maximum Gasteiger partial charge on any atom is 0.339 e. The second-order valence-corrected chi connectivity index (χ2v) is 4.74. The van der Waals surface area contributed by atoms with Gasteiger partial charge in [0, 0.05) is 0 Å². The van der Waals surface area contributed by atoms with E-state index in [2.05, 4.69) is 32.0 Å². The fourth-order valence-electron chi connectivity index (χ4n) is 2.30. The number of benzene rings is 2. The lowest BCUT2D eigenvalue weighted by atomic mass is 9.94. The molecule has 0 saturated carbocycles. The highest BCUT2D eigenvalue weighted by molar-refractivity contribution is 5.92. The molecule has 20 heavy (non-hydrogen) atoms. The van der Waals surface area contributed by atoms with Crippen molar-refractivity contribution in [1.29, 1.82) is 0 Å². The molecule has 0 aliphatic carbocycles. The van der Waals surface area contributed by atoms with E-state index in [0.717, 1.165) is 24.0 Å². The number of hydrogen-bond donors (Lipinski definition) is 2. The molecule has 2 aromatic carbocycles.